The van der Waals surface area contributed by atoms with Crippen LogP contribution < -0.4 is 15.0 Å². The van der Waals surface area contributed by atoms with Crippen molar-refractivity contribution in [2.75, 3.05) is 6.61 Å². The predicted octanol–water partition coefficient (Wildman–Crippen LogP) is 5.45. The largest absolute Gasteiger partial charge is 0.464 e. The van der Waals surface area contributed by atoms with Crippen LogP contribution in [-0.4, -0.2) is 26.1 Å². The highest BCUT2D eigenvalue weighted by atomic mass is 35.5. The fourth-order valence-electron chi connectivity index (χ4n) is 3.27. The van der Waals surface area contributed by atoms with E-state index in [4.69, 9.17) is 21.1 Å². The van der Waals surface area contributed by atoms with E-state index in [1.54, 1.807) is 17.0 Å². The van der Waals surface area contributed by atoms with Crippen molar-refractivity contribution in [3.8, 4) is 17.5 Å². The third kappa shape index (κ3) is 6.58. The molecule has 192 valence electrons. The van der Waals surface area contributed by atoms with Crippen LogP contribution in [-0.2, 0) is 19.1 Å². The van der Waals surface area contributed by atoms with Gasteiger partial charge in [-0.2, -0.15) is 18.2 Å². The molecule has 0 aliphatic heterocycles. The van der Waals surface area contributed by atoms with Gasteiger partial charge < -0.3 is 9.47 Å². The third-order valence-corrected chi connectivity index (χ3v) is 5.29. The molecule has 0 fully saturated rings. The number of hydrogen-bond acceptors (Lipinski definition) is 6. The number of aromatic nitrogens is 4. The molecule has 0 spiro atoms. The molecule has 0 amide bonds. The van der Waals surface area contributed by atoms with Crippen LogP contribution in [0.4, 0.5) is 22.0 Å². The molecule has 0 unspecified atom stereocenters. The highest BCUT2D eigenvalue weighted by Gasteiger charge is 2.33. The van der Waals surface area contributed by atoms with Crippen LogP contribution in [0.3, 0.4) is 0 Å². The fraction of sp³-hybridized carbons (Fsp3) is 0.167. The molecular weight excluding hydrogens is 523 g/mol. The van der Waals surface area contributed by atoms with E-state index in [0.717, 1.165) is 29.8 Å². The first-order chi connectivity index (χ1) is 17.6. The highest BCUT2D eigenvalue weighted by Crippen LogP contribution is 2.38. The average Bonchev–Trinajstić information content (AvgIpc) is 2.84. The van der Waals surface area contributed by atoms with Crippen molar-refractivity contribution in [3.05, 3.63) is 105 Å². The van der Waals surface area contributed by atoms with Gasteiger partial charge in [0, 0.05) is 36.6 Å². The Morgan fingerprint density at radius 1 is 0.973 bits per heavy atom. The molecule has 4 rings (SSSR count). The third-order valence-electron chi connectivity index (χ3n) is 4.96. The first kappa shape index (κ1) is 26.0. The lowest BCUT2D eigenvalue weighted by atomic mass is 10.1. The van der Waals surface area contributed by atoms with Gasteiger partial charge in [-0.15, -0.1) is 0 Å². The van der Waals surface area contributed by atoms with Crippen molar-refractivity contribution >= 4 is 11.6 Å². The second-order valence-corrected chi connectivity index (χ2v) is 8.06. The molecule has 2 heterocycles. The van der Waals surface area contributed by atoms with Crippen LogP contribution in [0.5, 0.6) is 17.5 Å². The molecule has 0 aliphatic carbocycles. The molecule has 0 N–H and O–H groups in total. The maximum absolute atomic E-state index is 14.6. The number of hydrogen-bond donors (Lipinski definition) is 0. The smallest absolute Gasteiger partial charge is 0.417 e. The van der Waals surface area contributed by atoms with Crippen molar-refractivity contribution in [3.63, 3.8) is 0 Å². The van der Waals surface area contributed by atoms with Gasteiger partial charge in [0.2, 0.25) is 0 Å². The second-order valence-electron chi connectivity index (χ2n) is 7.65. The summed E-state index contributed by atoms with van der Waals surface area (Å²) in [6.45, 7) is 0.173. The minimum Gasteiger partial charge on any atom is -0.464 e. The maximum Gasteiger partial charge on any atom is 0.417 e. The Balaban J connectivity index is 1.45. The van der Waals surface area contributed by atoms with Crippen molar-refractivity contribution in [1.82, 2.24) is 19.5 Å². The van der Waals surface area contributed by atoms with Crippen LogP contribution in [0.15, 0.2) is 66.1 Å². The van der Waals surface area contributed by atoms with Gasteiger partial charge in [0.15, 0.2) is 17.4 Å². The SMILES string of the molecule is O=c1ccn(Cc2cncnc2)c(OCCc2cc(F)c(Oc3ccc(Cl)c(C(F)(F)F)c3)c(F)c2)n1. The lowest BCUT2D eigenvalue weighted by Crippen LogP contribution is -2.17. The Morgan fingerprint density at radius 2 is 1.68 bits per heavy atom. The zero-order chi connectivity index (χ0) is 26.6. The Labute approximate surface area is 211 Å². The quantitative estimate of drug-likeness (QED) is 0.278. The van der Waals surface area contributed by atoms with Gasteiger partial charge in [-0.05, 0) is 35.9 Å². The number of nitrogens with zero attached hydrogens (tertiary/aromatic N) is 4. The lowest BCUT2D eigenvalue weighted by Gasteiger charge is -2.14. The van der Waals surface area contributed by atoms with Gasteiger partial charge in [-0.1, -0.05) is 11.6 Å². The summed E-state index contributed by atoms with van der Waals surface area (Å²) >= 11 is 5.55. The summed E-state index contributed by atoms with van der Waals surface area (Å²) in [6, 6.07) is 5.70. The minimum atomic E-state index is -4.77. The lowest BCUT2D eigenvalue weighted by molar-refractivity contribution is -0.137. The molecule has 37 heavy (non-hydrogen) atoms. The molecule has 0 saturated carbocycles. The number of alkyl halides is 3. The first-order valence-electron chi connectivity index (χ1n) is 10.6. The summed E-state index contributed by atoms with van der Waals surface area (Å²) < 4.78 is 80.5. The molecular formula is C24H16ClF5N4O3. The van der Waals surface area contributed by atoms with E-state index in [1.807, 2.05) is 0 Å². The molecule has 0 atom stereocenters. The zero-order valence-electron chi connectivity index (χ0n) is 18.7. The van der Waals surface area contributed by atoms with E-state index in [9.17, 15) is 26.7 Å². The van der Waals surface area contributed by atoms with E-state index in [2.05, 4.69) is 15.0 Å². The summed E-state index contributed by atoms with van der Waals surface area (Å²) in [4.78, 5) is 23.3. The molecule has 7 nitrogen and oxygen atoms in total. The fourth-order valence-corrected chi connectivity index (χ4v) is 3.50. The van der Waals surface area contributed by atoms with E-state index in [1.165, 1.54) is 18.6 Å². The van der Waals surface area contributed by atoms with Crippen molar-refractivity contribution < 1.29 is 31.4 Å². The van der Waals surface area contributed by atoms with Crippen molar-refractivity contribution in [1.29, 1.82) is 0 Å². The maximum atomic E-state index is 14.6. The Kier molecular flexibility index (Phi) is 7.67. The summed E-state index contributed by atoms with van der Waals surface area (Å²) in [5.74, 6) is -3.57. The standard InChI is InChI=1S/C24H16ClF5N4O3/c25-18-2-1-16(9-17(18)24(28,29)30)37-22-19(26)7-14(8-20(22)27)4-6-36-23-33-21(35)3-5-34(23)12-15-10-31-13-32-11-15/h1-3,5,7-11,13H,4,6,12H2. The Hall–Kier alpha value is -4.06. The molecule has 0 radical (unpaired) electrons. The Morgan fingerprint density at radius 3 is 2.35 bits per heavy atom. The molecule has 0 saturated heterocycles. The van der Waals surface area contributed by atoms with Gasteiger partial charge >= 0.3 is 6.18 Å². The summed E-state index contributed by atoms with van der Waals surface area (Å²) in [6.07, 6.45) is 1.26. The molecule has 4 aromatic rings. The van der Waals surface area contributed by atoms with Gasteiger partial charge in [0.05, 0.1) is 23.7 Å². The van der Waals surface area contributed by atoms with Crippen LogP contribution >= 0.6 is 11.6 Å². The van der Waals surface area contributed by atoms with Gasteiger partial charge in [-0.25, -0.2) is 18.7 Å². The van der Waals surface area contributed by atoms with Crippen molar-refractivity contribution in [2.24, 2.45) is 0 Å². The molecule has 0 aliphatic rings. The highest BCUT2D eigenvalue weighted by molar-refractivity contribution is 6.31. The van der Waals surface area contributed by atoms with Crippen LogP contribution in [0.1, 0.15) is 16.7 Å². The average molecular weight is 539 g/mol. The van der Waals surface area contributed by atoms with Crippen LogP contribution in [0, 0.1) is 11.6 Å². The van der Waals surface area contributed by atoms with E-state index >= 15 is 0 Å². The van der Waals surface area contributed by atoms with Gasteiger partial charge in [0.25, 0.3) is 11.6 Å². The monoisotopic (exact) mass is 538 g/mol. The number of halogens is 6. The summed E-state index contributed by atoms with van der Waals surface area (Å²) in [7, 11) is 0. The van der Waals surface area contributed by atoms with Crippen molar-refractivity contribution in [2.45, 2.75) is 19.1 Å². The van der Waals surface area contributed by atoms with E-state index in [-0.39, 0.29) is 31.1 Å². The zero-order valence-corrected chi connectivity index (χ0v) is 19.4. The molecule has 0 bridgehead atoms. The van der Waals surface area contributed by atoms with Gasteiger partial charge in [0.1, 0.15) is 12.1 Å². The predicted molar refractivity (Wildman–Crippen MR) is 122 cm³/mol. The van der Waals surface area contributed by atoms with Gasteiger partial charge in [-0.3, -0.25) is 9.36 Å². The minimum absolute atomic E-state index is 0.0135. The first-order valence-corrected chi connectivity index (χ1v) is 10.9. The molecule has 2 aromatic carbocycles. The second kappa shape index (κ2) is 10.9. The normalized spacial score (nSPS) is 11.4. The summed E-state index contributed by atoms with van der Waals surface area (Å²) in [5.41, 5.74) is -0.838. The van der Waals surface area contributed by atoms with E-state index < -0.39 is 45.5 Å². The number of rotatable bonds is 8. The van der Waals surface area contributed by atoms with Crippen LogP contribution in [0.25, 0.3) is 0 Å². The number of ether oxygens (including phenoxy) is 2. The topological polar surface area (TPSA) is 79.1 Å². The number of benzene rings is 2. The summed E-state index contributed by atoms with van der Waals surface area (Å²) in [5, 5.41) is -0.577. The Bertz CT molecular complexity index is 1440. The van der Waals surface area contributed by atoms with E-state index in [0.29, 0.717) is 6.07 Å². The molecule has 13 heteroatoms. The molecule has 2 aromatic heterocycles. The van der Waals surface area contributed by atoms with Crippen LogP contribution in [0.2, 0.25) is 5.02 Å².